The van der Waals surface area contributed by atoms with Gasteiger partial charge in [-0.25, -0.2) is 4.99 Å². The summed E-state index contributed by atoms with van der Waals surface area (Å²) in [6.07, 6.45) is 0. The molecular weight excluding hydrogens is 256 g/mol. The number of aliphatic imine (C=N–C) groups is 1. The summed E-state index contributed by atoms with van der Waals surface area (Å²) in [5.74, 6) is 3.07. The molecule has 2 N–H and O–H groups in total. The second-order valence-electron chi connectivity index (χ2n) is 5.08. The van der Waals surface area contributed by atoms with E-state index < -0.39 is 0 Å². The topological polar surface area (TPSA) is 76.4 Å². The normalized spacial score (nSPS) is 12.0. The zero-order chi connectivity index (χ0) is 15.0. The summed E-state index contributed by atoms with van der Waals surface area (Å²) in [4.78, 5) is 4.53. The van der Waals surface area contributed by atoms with Gasteiger partial charge in [-0.15, -0.1) is 10.2 Å². The van der Waals surface area contributed by atoms with Crippen LogP contribution in [0.2, 0.25) is 0 Å². The molecule has 0 bridgehead atoms. The fraction of sp³-hybridized carbons (Fsp3) is 0.769. The van der Waals surface area contributed by atoms with Crippen molar-refractivity contribution in [2.75, 3.05) is 26.8 Å². The molecule has 0 aliphatic rings. The van der Waals surface area contributed by atoms with Gasteiger partial charge < -0.3 is 19.9 Å². The van der Waals surface area contributed by atoms with Crippen LogP contribution in [0.15, 0.2) is 4.99 Å². The van der Waals surface area contributed by atoms with Gasteiger partial charge in [0, 0.05) is 27.2 Å². The zero-order valence-corrected chi connectivity index (χ0v) is 13.1. The quantitative estimate of drug-likeness (QED) is 0.432. The summed E-state index contributed by atoms with van der Waals surface area (Å²) in [5, 5.41) is 14.7. The van der Waals surface area contributed by atoms with Crippen molar-refractivity contribution in [1.29, 1.82) is 0 Å². The van der Waals surface area contributed by atoms with Gasteiger partial charge in [0.05, 0.1) is 6.61 Å². The lowest BCUT2D eigenvalue weighted by Gasteiger charge is -2.13. The Labute approximate surface area is 120 Å². The summed E-state index contributed by atoms with van der Waals surface area (Å²) in [5.41, 5.74) is 0. The van der Waals surface area contributed by atoms with Crippen molar-refractivity contribution in [3.63, 3.8) is 0 Å². The van der Waals surface area contributed by atoms with Crippen LogP contribution in [0.25, 0.3) is 0 Å². The molecule has 0 saturated carbocycles. The molecule has 7 heteroatoms. The second kappa shape index (κ2) is 8.52. The molecule has 0 aliphatic carbocycles. The second-order valence-corrected chi connectivity index (χ2v) is 5.08. The number of ether oxygens (including phenoxy) is 1. The Hall–Kier alpha value is -1.63. The van der Waals surface area contributed by atoms with Gasteiger partial charge in [0.1, 0.15) is 12.4 Å². The van der Waals surface area contributed by atoms with Gasteiger partial charge in [0.15, 0.2) is 11.8 Å². The van der Waals surface area contributed by atoms with Gasteiger partial charge in [-0.3, -0.25) is 0 Å². The Bertz CT molecular complexity index is 426. The minimum absolute atomic E-state index is 0.498. The van der Waals surface area contributed by atoms with Crippen molar-refractivity contribution in [2.45, 2.75) is 27.3 Å². The first-order valence-corrected chi connectivity index (χ1v) is 6.90. The van der Waals surface area contributed by atoms with Crippen molar-refractivity contribution in [3.8, 4) is 0 Å². The molecule has 0 saturated heterocycles. The van der Waals surface area contributed by atoms with Gasteiger partial charge in [-0.05, 0) is 12.8 Å². The van der Waals surface area contributed by atoms with Crippen LogP contribution >= 0.6 is 0 Å². The molecule has 0 aromatic carbocycles. The molecule has 0 amide bonds. The van der Waals surface area contributed by atoms with Crippen molar-refractivity contribution in [1.82, 2.24) is 25.4 Å². The maximum Gasteiger partial charge on any atom is 0.191 e. The lowest BCUT2D eigenvalue weighted by atomic mass is 10.2. The average Bonchev–Trinajstić information content (AvgIpc) is 2.73. The summed E-state index contributed by atoms with van der Waals surface area (Å²) in [7, 11) is 3.63. The van der Waals surface area contributed by atoms with Crippen LogP contribution in [0.4, 0.5) is 0 Å². The molecule has 1 aromatic rings. The highest BCUT2D eigenvalue weighted by Crippen LogP contribution is 1.99. The Morgan fingerprint density at radius 3 is 2.65 bits per heavy atom. The van der Waals surface area contributed by atoms with Gasteiger partial charge in [0.2, 0.25) is 0 Å². The van der Waals surface area contributed by atoms with E-state index in [4.69, 9.17) is 4.74 Å². The van der Waals surface area contributed by atoms with Crippen LogP contribution in [-0.4, -0.2) is 47.5 Å². The number of rotatable bonds is 7. The molecule has 0 spiro atoms. The van der Waals surface area contributed by atoms with E-state index in [0.717, 1.165) is 30.7 Å². The van der Waals surface area contributed by atoms with Crippen LogP contribution in [0.3, 0.4) is 0 Å². The molecular formula is C13H26N6O. The number of nitrogens with zero attached hydrogens (tertiary/aromatic N) is 4. The minimum atomic E-state index is 0.498. The van der Waals surface area contributed by atoms with E-state index in [9.17, 15) is 0 Å². The predicted octanol–water partition coefficient (Wildman–Crippen LogP) is 0.461. The highest BCUT2D eigenvalue weighted by Gasteiger charge is 2.05. The molecule has 1 rings (SSSR count). The van der Waals surface area contributed by atoms with Gasteiger partial charge in [-0.1, -0.05) is 13.8 Å². The van der Waals surface area contributed by atoms with Crippen molar-refractivity contribution < 1.29 is 4.74 Å². The fourth-order valence-electron chi connectivity index (χ4n) is 1.49. The zero-order valence-electron chi connectivity index (χ0n) is 13.1. The monoisotopic (exact) mass is 282 g/mol. The lowest BCUT2D eigenvalue weighted by molar-refractivity contribution is 0.203. The molecule has 1 aromatic heterocycles. The molecule has 0 fully saturated rings. The van der Waals surface area contributed by atoms with Crippen LogP contribution in [0.1, 0.15) is 25.5 Å². The van der Waals surface area contributed by atoms with E-state index >= 15 is 0 Å². The Kier molecular flexibility index (Phi) is 7.00. The molecule has 1 heterocycles. The third kappa shape index (κ3) is 5.56. The average molecular weight is 282 g/mol. The van der Waals surface area contributed by atoms with Crippen molar-refractivity contribution >= 4 is 5.96 Å². The summed E-state index contributed by atoms with van der Waals surface area (Å²) in [6, 6.07) is 0. The molecule has 114 valence electrons. The van der Waals surface area contributed by atoms with E-state index in [1.54, 1.807) is 7.11 Å². The Balaban J connectivity index is 2.60. The van der Waals surface area contributed by atoms with Crippen molar-refractivity contribution in [2.24, 2.45) is 18.0 Å². The molecule has 20 heavy (non-hydrogen) atoms. The van der Waals surface area contributed by atoms with Gasteiger partial charge in [-0.2, -0.15) is 0 Å². The Morgan fingerprint density at radius 1 is 1.35 bits per heavy atom. The number of hydrogen-bond donors (Lipinski definition) is 2. The maximum absolute atomic E-state index is 5.03. The third-order valence-corrected chi connectivity index (χ3v) is 2.84. The molecule has 0 radical (unpaired) electrons. The first-order valence-electron chi connectivity index (χ1n) is 6.90. The van der Waals surface area contributed by atoms with Crippen LogP contribution in [0, 0.1) is 12.8 Å². The van der Waals surface area contributed by atoms with E-state index in [2.05, 4.69) is 39.7 Å². The van der Waals surface area contributed by atoms with E-state index in [0.29, 0.717) is 19.1 Å². The Morgan fingerprint density at radius 2 is 2.10 bits per heavy atom. The van der Waals surface area contributed by atoms with Crippen LogP contribution in [0.5, 0.6) is 0 Å². The fourth-order valence-corrected chi connectivity index (χ4v) is 1.49. The number of aromatic nitrogens is 3. The van der Waals surface area contributed by atoms with Gasteiger partial charge in [0.25, 0.3) is 0 Å². The SMILES string of the molecule is COCCNC(=NCc1nnc(C)n1C)NCC(C)C. The highest BCUT2D eigenvalue weighted by molar-refractivity contribution is 5.79. The molecule has 0 aliphatic heterocycles. The standard InChI is InChI=1S/C13H26N6O/c1-10(2)8-15-13(14-6-7-20-5)16-9-12-18-17-11(3)19(12)4/h10H,6-9H2,1-5H3,(H2,14,15,16). The lowest BCUT2D eigenvalue weighted by Crippen LogP contribution is -2.40. The first kappa shape index (κ1) is 16.4. The molecule has 0 unspecified atom stereocenters. The van der Waals surface area contributed by atoms with Crippen molar-refractivity contribution in [3.05, 3.63) is 11.6 Å². The number of hydrogen-bond acceptors (Lipinski definition) is 4. The highest BCUT2D eigenvalue weighted by atomic mass is 16.5. The number of guanidine groups is 1. The third-order valence-electron chi connectivity index (χ3n) is 2.84. The van der Waals surface area contributed by atoms with E-state index in [1.807, 2.05) is 18.5 Å². The van der Waals surface area contributed by atoms with E-state index in [-0.39, 0.29) is 0 Å². The maximum atomic E-state index is 5.03. The predicted molar refractivity (Wildman–Crippen MR) is 79.6 cm³/mol. The number of nitrogens with one attached hydrogen (secondary N) is 2. The number of aryl methyl sites for hydroxylation is 1. The summed E-state index contributed by atoms with van der Waals surface area (Å²) < 4.78 is 6.97. The van der Waals surface area contributed by atoms with Crippen LogP contribution < -0.4 is 10.6 Å². The molecule has 7 nitrogen and oxygen atoms in total. The largest absolute Gasteiger partial charge is 0.383 e. The molecule has 0 atom stereocenters. The number of methoxy groups -OCH3 is 1. The van der Waals surface area contributed by atoms with Crippen LogP contribution in [-0.2, 0) is 18.3 Å². The first-order chi connectivity index (χ1) is 9.54. The van der Waals surface area contributed by atoms with E-state index in [1.165, 1.54) is 0 Å². The smallest absolute Gasteiger partial charge is 0.191 e. The van der Waals surface area contributed by atoms with Gasteiger partial charge >= 0.3 is 0 Å². The minimum Gasteiger partial charge on any atom is -0.383 e. The summed E-state index contributed by atoms with van der Waals surface area (Å²) >= 11 is 0. The summed E-state index contributed by atoms with van der Waals surface area (Å²) in [6.45, 7) is 8.98.